The number of carbonyl (C=O) groups excluding carboxylic acids is 3. The van der Waals surface area contributed by atoms with E-state index < -0.39 is 11.1 Å². The molecule has 0 aliphatic carbocycles. The predicted octanol–water partition coefficient (Wildman–Crippen LogP) is 5.29. The number of carbonyl (C=O) groups is 3. The Morgan fingerprint density at radius 2 is 1.76 bits per heavy atom. The average molecular weight is 722 g/mol. The lowest BCUT2D eigenvalue weighted by Crippen LogP contribution is -2.46. The average Bonchev–Trinajstić information content (AvgIpc) is 3.07. The summed E-state index contributed by atoms with van der Waals surface area (Å²) in [4.78, 5) is 40.6. The topological polar surface area (TPSA) is 76.2 Å². The third-order valence-corrected chi connectivity index (χ3v) is 7.95. The van der Waals surface area contributed by atoms with Crippen molar-refractivity contribution in [1.82, 2.24) is 9.80 Å². The fourth-order valence-corrected chi connectivity index (χ4v) is 6.02. The van der Waals surface area contributed by atoms with E-state index in [0.29, 0.717) is 53.2 Å². The zero-order valence-corrected chi connectivity index (χ0v) is 23.9. The number of halogens is 3. The van der Waals surface area contributed by atoms with E-state index >= 15 is 0 Å². The van der Waals surface area contributed by atoms with Crippen LogP contribution in [-0.2, 0) is 20.9 Å². The van der Waals surface area contributed by atoms with Crippen LogP contribution in [0.3, 0.4) is 0 Å². The van der Waals surface area contributed by atoms with E-state index in [1.54, 1.807) is 11.0 Å². The fraction of sp³-hybridized carbons (Fsp3) is 0.261. The van der Waals surface area contributed by atoms with E-state index in [1.807, 2.05) is 36.4 Å². The molecule has 2 aromatic rings. The summed E-state index contributed by atoms with van der Waals surface area (Å²) in [5, 5.41) is -0.450. The molecule has 0 atom stereocenters. The Morgan fingerprint density at radius 3 is 2.41 bits per heavy atom. The molecular weight excluding hydrogens is 703 g/mol. The molecule has 2 fully saturated rings. The number of imide groups is 1. The van der Waals surface area contributed by atoms with Gasteiger partial charge in [-0.15, -0.1) is 0 Å². The summed E-state index contributed by atoms with van der Waals surface area (Å²) in [5.41, 5.74) is 1.76. The summed E-state index contributed by atoms with van der Waals surface area (Å²) in [6, 6.07) is 11.7. The number of rotatable bonds is 6. The van der Waals surface area contributed by atoms with E-state index in [9.17, 15) is 14.4 Å². The highest BCUT2D eigenvalue weighted by atomic mass is 127. The normalized spacial score (nSPS) is 17.6. The molecule has 0 aromatic heterocycles. The lowest BCUT2D eigenvalue weighted by Gasteiger charge is -2.28. The van der Waals surface area contributed by atoms with Crippen molar-refractivity contribution in [3.05, 3.63) is 64.9 Å². The van der Waals surface area contributed by atoms with E-state index in [-0.39, 0.29) is 17.4 Å². The summed E-state index contributed by atoms with van der Waals surface area (Å²) in [6.45, 7) is 1.99. The van der Waals surface area contributed by atoms with Crippen LogP contribution in [0.4, 0.5) is 4.79 Å². The van der Waals surface area contributed by atoms with E-state index in [1.165, 1.54) is 0 Å². The molecule has 0 unspecified atom stereocenters. The Balaban J connectivity index is 1.44. The van der Waals surface area contributed by atoms with Crippen LogP contribution in [0.1, 0.15) is 11.1 Å². The fourth-order valence-electron chi connectivity index (χ4n) is 3.37. The number of benzene rings is 2. The molecule has 0 N–H and O–H groups in total. The van der Waals surface area contributed by atoms with Crippen LogP contribution in [0.2, 0.25) is 0 Å². The lowest BCUT2D eigenvalue weighted by molar-refractivity contribution is -0.139. The molecule has 2 saturated heterocycles. The van der Waals surface area contributed by atoms with Gasteiger partial charge in [0.2, 0.25) is 5.91 Å². The molecule has 0 radical (unpaired) electrons. The number of nitrogens with zero attached hydrogens (tertiary/aromatic N) is 2. The van der Waals surface area contributed by atoms with Crippen molar-refractivity contribution in [1.29, 1.82) is 0 Å². The van der Waals surface area contributed by atoms with Crippen LogP contribution in [0.15, 0.2) is 50.2 Å². The molecule has 178 valence electrons. The quantitative estimate of drug-likeness (QED) is 0.298. The van der Waals surface area contributed by atoms with Gasteiger partial charge in [0.1, 0.15) is 18.9 Å². The molecule has 0 bridgehead atoms. The molecule has 2 aliphatic heterocycles. The minimum Gasteiger partial charge on any atom is -0.487 e. The van der Waals surface area contributed by atoms with Crippen molar-refractivity contribution in [2.45, 2.75) is 6.61 Å². The maximum atomic E-state index is 12.8. The predicted molar refractivity (Wildman–Crippen MR) is 145 cm³/mol. The van der Waals surface area contributed by atoms with Crippen molar-refractivity contribution in [2.24, 2.45) is 0 Å². The van der Waals surface area contributed by atoms with Gasteiger partial charge in [0, 0.05) is 16.7 Å². The Hall–Kier alpha value is -1.41. The van der Waals surface area contributed by atoms with Gasteiger partial charge in [0.15, 0.2) is 0 Å². The summed E-state index contributed by atoms with van der Waals surface area (Å²) in [7, 11) is 0. The molecule has 4 rings (SSSR count). The van der Waals surface area contributed by atoms with Crippen LogP contribution in [0.5, 0.6) is 5.75 Å². The van der Waals surface area contributed by atoms with Gasteiger partial charge in [-0.25, -0.2) is 0 Å². The first kappa shape index (κ1) is 25.7. The molecular formula is C23H19Br2IN2O5S. The monoisotopic (exact) mass is 720 g/mol. The van der Waals surface area contributed by atoms with Gasteiger partial charge in [-0.3, -0.25) is 19.3 Å². The molecule has 2 aliphatic rings. The third kappa shape index (κ3) is 6.23. The minimum atomic E-state index is -0.470. The lowest BCUT2D eigenvalue weighted by atomic mass is 10.2. The highest BCUT2D eigenvalue weighted by Gasteiger charge is 2.37. The van der Waals surface area contributed by atoms with Crippen molar-refractivity contribution in [3.63, 3.8) is 0 Å². The van der Waals surface area contributed by atoms with Gasteiger partial charge < -0.3 is 14.4 Å². The first-order valence-corrected chi connectivity index (χ1v) is 13.8. The summed E-state index contributed by atoms with van der Waals surface area (Å²) < 4.78 is 13.8. The van der Waals surface area contributed by atoms with Crippen molar-refractivity contribution in [3.8, 4) is 5.75 Å². The van der Waals surface area contributed by atoms with Gasteiger partial charge in [-0.05, 0) is 108 Å². The van der Waals surface area contributed by atoms with Gasteiger partial charge in [0.05, 0.1) is 27.1 Å². The molecule has 11 heteroatoms. The summed E-state index contributed by atoms with van der Waals surface area (Å²) in [6.07, 6.45) is 1.64. The minimum absolute atomic E-state index is 0.257. The van der Waals surface area contributed by atoms with E-state index in [0.717, 1.165) is 25.8 Å². The second kappa shape index (κ2) is 11.5. The van der Waals surface area contributed by atoms with Crippen molar-refractivity contribution >= 4 is 89.3 Å². The summed E-state index contributed by atoms with van der Waals surface area (Å²) in [5.74, 6) is -0.0882. The Morgan fingerprint density at radius 1 is 1.12 bits per heavy atom. The van der Waals surface area contributed by atoms with Crippen molar-refractivity contribution < 1.29 is 23.9 Å². The Labute approximate surface area is 231 Å². The Bertz CT molecular complexity index is 1130. The van der Waals surface area contributed by atoms with Crippen LogP contribution in [0, 0.1) is 3.57 Å². The van der Waals surface area contributed by atoms with Crippen LogP contribution in [0.25, 0.3) is 6.08 Å². The maximum absolute atomic E-state index is 12.8. The molecule has 2 heterocycles. The molecule has 2 aromatic carbocycles. The molecule has 3 amide bonds. The molecule has 7 nitrogen and oxygen atoms in total. The Kier molecular flexibility index (Phi) is 8.72. The van der Waals surface area contributed by atoms with Crippen LogP contribution in [-0.4, -0.2) is 59.7 Å². The van der Waals surface area contributed by atoms with Crippen LogP contribution < -0.4 is 4.74 Å². The van der Waals surface area contributed by atoms with Gasteiger partial charge in [0.25, 0.3) is 11.1 Å². The SMILES string of the molecule is O=C(CN1C(=O)S/C(=C/c2cc(Br)c(OCc3ccc(I)cc3)c(Br)c2)C1=O)N1CCOCC1. The highest BCUT2D eigenvalue weighted by molar-refractivity contribution is 14.1. The highest BCUT2D eigenvalue weighted by Crippen LogP contribution is 2.38. The number of thioether (sulfide) groups is 1. The van der Waals surface area contributed by atoms with E-state index in [4.69, 9.17) is 9.47 Å². The van der Waals surface area contributed by atoms with Gasteiger partial charge >= 0.3 is 0 Å². The number of hydrogen-bond acceptors (Lipinski definition) is 6. The van der Waals surface area contributed by atoms with Crippen molar-refractivity contribution in [2.75, 3.05) is 32.8 Å². The second-order valence-corrected chi connectivity index (χ2v) is 11.4. The number of morpholine rings is 1. The van der Waals surface area contributed by atoms with Gasteiger partial charge in [-0.2, -0.15) is 0 Å². The first-order chi connectivity index (χ1) is 16.3. The summed E-state index contributed by atoms with van der Waals surface area (Å²) >= 11 is 10.2. The zero-order chi connectivity index (χ0) is 24.2. The molecule has 0 spiro atoms. The standard InChI is InChI=1S/C23H19Br2IN2O5S/c24-17-9-15(10-18(25)21(17)33-13-14-1-3-16(26)4-2-14)11-19-22(30)28(23(31)34-19)12-20(29)27-5-7-32-8-6-27/h1-4,9-11H,5-8,12-13H2/b19-11+. The largest absolute Gasteiger partial charge is 0.487 e. The molecule has 0 saturated carbocycles. The molecule has 34 heavy (non-hydrogen) atoms. The second-order valence-electron chi connectivity index (χ2n) is 7.49. The number of hydrogen-bond donors (Lipinski definition) is 0. The zero-order valence-electron chi connectivity index (χ0n) is 17.8. The maximum Gasteiger partial charge on any atom is 0.294 e. The third-order valence-electron chi connectivity index (χ3n) is 5.15. The van der Waals surface area contributed by atoms with E-state index in [2.05, 4.69) is 54.5 Å². The number of ether oxygens (including phenoxy) is 2. The van der Waals surface area contributed by atoms with Crippen LogP contribution >= 0.6 is 66.2 Å². The first-order valence-electron chi connectivity index (χ1n) is 10.3. The smallest absolute Gasteiger partial charge is 0.294 e. The van der Waals surface area contributed by atoms with Gasteiger partial charge in [-0.1, -0.05) is 12.1 Å². The number of amides is 3.